The van der Waals surface area contributed by atoms with Crippen molar-refractivity contribution in [2.75, 3.05) is 26.2 Å². The topological polar surface area (TPSA) is 67.4 Å². The molecule has 0 aliphatic carbocycles. The molecule has 2 rings (SSSR count). The number of ketones is 1. The van der Waals surface area contributed by atoms with Gasteiger partial charge >= 0.3 is 0 Å². The minimum absolute atomic E-state index is 0.0527. The summed E-state index contributed by atoms with van der Waals surface area (Å²) in [4.78, 5) is 22.4. The van der Waals surface area contributed by atoms with Gasteiger partial charge in [0.15, 0.2) is 0 Å². The summed E-state index contributed by atoms with van der Waals surface area (Å²) in [6.07, 6.45) is -0.381. The number of ether oxygens (including phenoxy) is 1. The second kappa shape index (κ2) is 7.67. The zero-order valence-corrected chi connectivity index (χ0v) is 13.0. The molecule has 7 heteroatoms. The summed E-state index contributed by atoms with van der Waals surface area (Å²) in [5.41, 5.74) is 0.660. The lowest BCUT2D eigenvalue weighted by molar-refractivity contribution is -0.136. The molecule has 1 fully saturated rings. The third-order valence-electron chi connectivity index (χ3n) is 3.53. The predicted molar refractivity (Wildman–Crippen MR) is 80.2 cm³/mol. The number of hydrogen-bond acceptors (Lipinski definition) is 4. The highest BCUT2D eigenvalue weighted by atomic mass is 35.5. The van der Waals surface area contributed by atoms with Crippen molar-refractivity contribution in [1.29, 1.82) is 0 Å². The highest BCUT2D eigenvalue weighted by Gasteiger charge is 2.27. The first kappa shape index (κ1) is 16.9. The van der Waals surface area contributed by atoms with E-state index >= 15 is 0 Å². The minimum atomic E-state index is -0.634. The van der Waals surface area contributed by atoms with Crippen LogP contribution in [0.1, 0.15) is 18.6 Å². The Hall–Kier alpha value is -1.50. The minimum Gasteiger partial charge on any atom is -0.372 e. The van der Waals surface area contributed by atoms with Crippen LogP contribution >= 0.6 is 11.6 Å². The van der Waals surface area contributed by atoms with Gasteiger partial charge in [0.1, 0.15) is 5.82 Å². The lowest BCUT2D eigenvalue weighted by Crippen LogP contribution is -2.38. The van der Waals surface area contributed by atoms with E-state index in [4.69, 9.17) is 16.3 Å². The zero-order valence-electron chi connectivity index (χ0n) is 12.2. The first-order chi connectivity index (χ1) is 10.5. The monoisotopic (exact) mass is 328 g/mol. The van der Waals surface area contributed by atoms with E-state index in [0.29, 0.717) is 25.3 Å². The average molecular weight is 329 g/mol. The Morgan fingerprint density at radius 2 is 2.27 bits per heavy atom. The van der Waals surface area contributed by atoms with Crippen molar-refractivity contribution in [3.8, 4) is 0 Å². The molecular weight excluding hydrogens is 311 g/mol. The van der Waals surface area contributed by atoms with Crippen molar-refractivity contribution >= 4 is 23.3 Å². The van der Waals surface area contributed by atoms with Gasteiger partial charge in [-0.3, -0.25) is 9.59 Å². The Labute approximate surface area is 133 Å². The summed E-state index contributed by atoms with van der Waals surface area (Å²) in [7, 11) is 0. The van der Waals surface area contributed by atoms with Crippen LogP contribution in [0, 0.1) is 11.7 Å². The fourth-order valence-electron chi connectivity index (χ4n) is 2.37. The maximum atomic E-state index is 13.7. The molecule has 5 nitrogen and oxygen atoms in total. The SMILES string of the molecule is CC(=O)C(=O)NCC1CNCCOC1c1ccc(Cl)c(F)c1. The number of amides is 1. The lowest BCUT2D eigenvalue weighted by Gasteiger charge is -2.25. The number of halogens is 2. The summed E-state index contributed by atoms with van der Waals surface area (Å²) in [6.45, 7) is 3.21. The van der Waals surface area contributed by atoms with Gasteiger partial charge in [-0.2, -0.15) is 0 Å². The molecule has 1 saturated heterocycles. The van der Waals surface area contributed by atoms with Crippen molar-refractivity contribution < 1.29 is 18.7 Å². The van der Waals surface area contributed by atoms with Gasteiger partial charge in [-0.1, -0.05) is 17.7 Å². The number of benzene rings is 1. The van der Waals surface area contributed by atoms with Gasteiger partial charge in [-0.05, 0) is 17.7 Å². The molecule has 0 radical (unpaired) electrons. The van der Waals surface area contributed by atoms with Gasteiger partial charge in [0.05, 0.1) is 17.7 Å². The average Bonchev–Trinajstić information content (AvgIpc) is 2.73. The molecule has 0 aromatic heterocycles. The molecule has 120 valence electrons. The van der Waals surface area contributed by atoms with Crippen molar-refractivity contribution in [1.82, 2.24) is 10.6 Å². The van der Waals surface area contributed by atoms with Gasteiger partial charge in [-0.15, -0.1) is 0 Å². The van der Waals surface area contributed by atoms with E-state index in [2.05, 4.69) is 10.6 Å². The number of carbonyl (C=O) groups excluding carboxylic acids is 2. The van der Waals surface area contributed by atoms with Crippen LogP contribution in [0.5, 0.6) is 0 Å². The fourth-order valence-corrected chi connectivity index (χ4v) is 2.49. The fraction of sp³-hybridized carbons (Fsp3) is 0.467. The van der Waals surface area contributed by atoms with Crippen LogP contribution in [0.15, 0.2) is 18.2 Å². The van der Waals surface area contributed by atoms with E-state index in [1.807, 2.05) is 0 Å². The molecule has 0 saturated carbocycles. The number of hydrogen-bond donors (Lipinski definition) is 2. The first-order valence-corrected chi connectivity index (χ1v) is 7.43. The summed E-state index contributed by atoms with van der Waals surface area (Å²) in [5.74, 6) is -1.81. The molecule has 1 aromatic carbocycles. The third-order valence-corrected chi connectivity index (χ3v) is 3.83. The normalized spacial score (nSPS) is 22.0. The molecule has 1 heterocycles. The van der Waals surface area contributed by atoms with E-state index < -0.39 is 17.5 Å². The third kappa shape index (κ3) is 4.25. The largest absolute Gasteiger partial charge is 0.372 e. The standard InChI is InChI=1S/C15H18ClFN2O3/c1-9(20)15(21)19-8-11-7-18-4-5-22-14(11)10-2-3-12(16)13(17)6-10/h2-3,6,11,14,18H,4-5,7-8H2,1H3,(H,19,21). The summed E-state index contributed by atoms with van der Waals surface area (Å²) >= 11 is 5.70. The van der Waals surface area contributed by atoms with Crippen LogP contribution < -0.4 is 10.6 Å². The Morgan fingerprint density at radius 1 is 1.50 bits per heavy atom. The Kier molecular flexibility index (Phi) is 5.88. The van der Waals surface area contributed by atoms with Crippen LogP contribution in [-0.2, 0) is 14.3 Å². The molecule has 2 atom stereocenters. The Balaban J connectivity index is 2.14. The van der Waals surface area contributed by atoms with E-state index in [9.17, 15) is 14.0 Å². The zero-order chi connectivity index (χ0) is 16.1. The summed E-state index contributed by atoms with van der Waals surface area (Å²) in [6, 6.07) is 4.54. The van der Waals surface area contributed by atoms with Crippen molar-refractivity contribution in [2.24, 2.45) is 5.92 Å². The van der Waals surface area contributed by atoms with Crippen molar-refractivity contribution in [3.05, 3.63) is 34.6 Å². The maximum absolute atomic E-state index is 13.7. The number of rotatable bonds is 4. The maximum Gasteiger partial charge on any atom is 0.287 e. The van der Waals surface area contributed by atoms with E-state index in [1.54, 1.807) is 6.07 Å². The molecule has 1 aliphatic heterocycles. The molecule has 0 bridgehead atoms. The highest BCUT2D eigenvalue weighted by molar-refractivity contribution is 6.35. The first-order valence-electron chi connectivity index (χ1n) is 7.05. The van der Waals surface area contributed by atoms with Gasteiger partial charge in [0.2, 0.25) is 5.78 Å². The van der Waals surface area contributed by atoms with E-state index in [-0.39, 0.29) is 23.6 Å². The van der Waals surface area contributed by atoms with Crippen LogP contribution in [0.25, 0.3) is 0 Å². The number of nitrogens with one attached hydrogen (secondary N) is 2. The van der Waals surface area contributed by atoms with Crippen LogP contribution in [0.2, 0.25) is 5.02 Å². The van der Waals surface area contributed by atoms with Gasteiger partial charge in [0.25, 0.3) is 5.91 Å². The molecule has 2 N–H and O–H groups in total. The molecule has 0 spiro atoms. The summed E-state index contributed by atoms with van der Waals surface area (Å²) in [5, 5.41) is 5.82. The quantitative estimate of drug-likeness (QED) is 0.821. The lowest BCUT2D eigenvalue weighted by atomic mass is 9.95. The van der Waals surface area contributed by atoms with Gasteiger partial charge in [-0.25, -0.2) is 4.39 Å². The van der Waals surface area contributed by atoms with Crippen molar-refractivity contribution in [2.45, 2.75) is 13.0 Å². The Morgan fingerprint density at radius 3 is 2.95 bits per heavy atom. The number of carbonyl (C=O) groups is 2. The second-order valence-corrected chi connectivity index (χ2v) is 5.60. The predicted octanol–water partition coefficient (Wildman–Crippen LogP) is 1.46. The smallest absolute Gasteiger partial charge is 0.287 e. The molecule has 1 aliphatic rings. The van der Waals surface area contributed by atoms with E-state index in [0.717, 1.165) is 0 Å². The molecule has 1 aromatic rings. The van der Waals surface area contributed by atoms with E-state index in [1.165, 1.54) is 19.1 Å². The molecular formula is C15H18ClFN2O3. The Bertz CT molecular complexity index is 568. The highest BCUT2D eigenvalue weighted by Crippen LogP contribution is 2.29. The van der Waals surface area contributed by atoms with Gasteiger partial charge < -0.3 is 15.4 Å². The molecule has 1 amide bonds. The molecule has 2 unspecified atom stereocenters. The van der Waals surface area contributed by atoms with Gasteiger partial charge in [0, 0.05) is 32.5 Å². The van der Waals surface area contributed by atoms with Crippen LogP contribution in [0.4, 0.5) is 4.39 Å². The number of Topliss-reactive ketones (excluding diaryl/α,β-unsaturated/α-hetero) is 1. The van der Waals surface area contributed by atoms with Crippen LogP contribution in [-0.4, -0.2) is 37.9 Å². The molecule has 22 heavy (non-hydrogen) atoms. The van der Waals surface area contributed by atoms with Crippen LogP contribution in [0.3, 0.4) is 0 Å². The van der Waals surface area contributed by atoms with Crippen molar-refractivity contribution in [3.63, 3.8) is 0 Å². The second-order valence-electron chi connectivity index (χ2n) is 5.20. The summed E-state index contributed by atoms with van der Waals surface area (Å²) < 4.78 is 19.4.